The van der Waals surface area contributed by atoms with Gasteiger partial charge in [0.05, 0.1) is 12.5 Å². The number of hydrogen-bond acceptors (Lipinski definition) is 3. The quantitative estimate of drug-likeness (QED) is 0.782. The van der Waals surface area contributed by atoms with Crippen molar-refractivity contribution in [2.24, 2.45) is 0 Å². The molecule has 1 fully saturated rings. The summed E-state index contributed by atoms with van der Waals surface area (Å²) < 4.78 is 4.99. The van der Waals surface area contributed by atoms with E-state index < -0.39 is 0 Å². The molecule has 1 aliphatic heterocycles. The Morgan fingerprint density at radius 2 is 2.33 bits per heavy atom. The summed E-state index contributed by atoms with van der Waals surface area (Å²) in [6.07, 6.45) is 0.150. The number of cyclic esters (lactones) is 1. The molecule has 0 spiro atoms. The van der Waals surface area contributed by atoms with Gasteiger partial charge in [-0.05, 0) is 17.7 Å². The van der Waals surface area contributed by atoms with Crippen LogP contribution in [0.5, 0.6) is 0 Å². The molecule has 3 nitrogen and oxygen atoms in total. The minimum atomic E-state index is -0.374. The monoisotopic (exact) mass is 226 g/mol. The van der Waals surface area contributed by atoms with Crippen molar-refractivity contribution in [3.8, 4) is 0 Å². The Kier molecular flexibility index (Phi) is 2.93. The van der Waals surface area contributed by atoms with Crippen molar-refractivity contribution in [1.29, 1.82) is 0 Å². The average Bonchev–Trinajstić information content (AvgIpc) is 2.60. The molecule has 1 aromatic rings. The van der Waals surface area contributed by atoms with Crippen molar-refractivity contribution in [2.45, 2.75) is 18.4 Å². The second-order valence-electron chi connectivity index (χ2n) is 3.58. The lowest BCUT2D eigenvalue weighted by molar-refractivity contribution is -0.143. The standard InChI is InChI=1S/C11H11ClO3/c12-8-3-1-2-7(4-8)10-5-9(6-13)15-11(10)14/h1-4,9-10,13H,5-6H2. The van der Waals surface area contributed by atoms with Crippen molar-refractivity contribution < 1.29 is 14.6 Å². The van der Waals surface area contributed by atoms with Crippen LogP contribution < -0.4 is 0 Å². The first kappa shape index (κ1) is 10.5. The fraction of sp³-hybridized carbons (Fsp3) is 0.364. The smallest absolute Gasteiger partial charge is 0.313 e. The predicted octanol–water partition coefficient (Wildman–Crippen LogP) is 1.73. The molecule has 2 unspecified atom stereocenters. The third-order valence-corrected chi connectivity index (χ3v) is 2.76. The van der Waals surface area contributed by atoms with Gasteiger partial charge in [-0.25, -0.2) is 0 Å². The van der Waals surface area contributed by atoms with Crippen LogP contribution in [0.1, 0.15) is 17.9 Å². The van der Waals surface area contributed by atoms with Crippen LogP contribution in [0.25, 0.3) is 0 Å². The molecular formula is C11H11ClO3. The summed E-state index contributed by atoms with van der Waals surface area (Å²) >= 11 is 5.84. The maximum atomic E-state index is 11.5. The van der Waals surface area contributed by atoms with Crippen molar-refractivity contribution in [2.75, 3.05) is 6.61 Å². The zero-order chi connectivity index (χ0) is 10.8. The van der Waals surface area contributed by atoms with Gasteiger partial charge in [-0.3, -0.25) is 4.79 Å². The van der Waals surface area contributed by atoms with E-state index in [4.69, 9.17) is 21.4 Å². The summed E-state index contributed by atoms with van der Waals surface area (Å²) in [4.78, 5) is 11.5. The van der Waals surface area contributed by atoms with Gasteiger partial charge in [-0.1, -0.05) is 23.7 Å². The Balaban J connectivity index is 2.21. The Hall–Kier alpha value is -1.06. The third kappa shape index (κ3) is 2.13. The lowest BCUT2D eigenvalue weighted by Gasteiger charge is -2.05. The van der Waals surface area contributed by atoms with E-state index in [1.54, 1.807) is 18.2 Å². The number of aliphatic hydroxyl groups excluding tert-OH is 1. The minimum absolute atomic E-state index is 0.122. The highest BCUT2D eigenvalue weighted by atomic mass is 35.5. The summed E-state index contributed by atoms with van der Waals surface area (Å²) in [5, 5.41) is 9.50. The van der Waals surface area contributed by atoms with Gasteiger partial charge in [-0.2, -0.15) is 0 Å². The summed E-state index contributed by atoms with van der Waals surface area (Å²) in [5.41, 5.74) is 0.850. The molecule has 1 aromatic carbocycles. The Morgan fingerprint density at radius 1 is 1.53 bits per heavy atom. The predicted molar refractivity (Wildman–Crippen MR) is 55.8 cm³/mol. The maximum Gasteiger partial charge on any atom is 0.313 e. The molecule has 1 N–H and O–H groups in total. The Morgan fingerprint density at radius 3 is 2.93 bits per heavy atom. The van der Waals surface area contributed by atoms with Gasteiger partial charge in [0.25, 0.3) is 0 Å². The number of esters is 1. The summed E-state index contributed by atoms with van der Waals surface area (Å²) in [6.45, 7) is -0.122. The Labute approximate surface area is 92.6 Å². The summed E-state index contributed by atoms with van der Waals surface area (Å²) in [5.74, 6) is -0.572. The number of ether oxygens (including phenoxy) is 1. The minimum Gasteiger partial charge on any atom is -0.459 e. The zero-order valence-corrected chi connectivity index (χ0v) is 8.78. The molecule has 15 heavy (non-hydrogen) atoms. The van der Waals surface area contributed by atoms with Crippen LogP contribution in [0.3, 0.4) is 0 Å². The molecule has 0 aromatic heterocycles. The Bertz CT molecular complexity index is 378. The largest absolute Gasteiger partial charge is 0.459 e. The topological polar surface area (TPSA) is 46.5 Å². The summed E-state index contributed by atoms with van der Waals surface area (Å²) in [7, 11) is 0. The van der Waals surface area contributed by atoms with Crippen molar-refractivity contribution in [3.63, 3.8) is 0 Å². The zero-order valence-electron chi connectivity index (χ0n) is 8.02. The van der Waals surface area contributed by atoms with Crippen molar-refractivity contribution in [3.05, 3.63) is 34.9 Å². The molecule has 0 saturated carbocycles. The fourth-order valence-electron chi connectivity index (χ4n) is 1.76. The number of halogens is 1. The molecule has 1 heterocycles. The maximum absolute atomic E-state index is 11.5. The van der Waals surface area contributed by atoms with Crippen LogP contribution >= 0.6 is 11.6 Å². The first-order valence-electron chi connectivity index (χ1n) is 4.77. The highest BCUT2D eigenvalue weighted by Gasteiger charge is 2.34. The van der Waals surface area contributed by atoms with Crippen LogP contribution in [-0.2, 0) is 9.53 Å². The number of carbonyl (C=O) groups excluding carboxylic acids is 1. The van der Waals surface area contributed by atoms with Gasteiger partial charge in [-0.15, -0.1) is 0 Å². The van der Waals surface area contributed by atoms with Gasteiger partial charge < -0.3 is 9.84 Å². The van der Waals surface area contributed by atoms with E-state index in [1.165, 1.54) is 0 Å². The lowest BCUT2D eigenvalue weighted by atomic mass is 9.96. The highest BCUT2D eigenvalue weighted by molar-refractivity contribution is 6.30. The number of rotatable bonds is 2. The fourth-order valence-corrected chi connectivity index (χ4v) is 1.96. The van der Waals surface area contributed by atoms with Gasteiger partial charge >= 0.3 is 5.97 Å². The first-order valence-corrected chi connectivity index (χ1v) is 5.15. The lowest BCUT2D eigenvalue weighted by Crippen LogP contribution is -2.10. The van der Waals surface area contributed by atoms with Gasteiger partial charge in [0.1, 0.15) is 6.10 Å². The average molecular weight is 227 g/mol. The highest BCUT2D eigenvalue weighted by Crippen LogP contribution is 2.31. The van der Waals surface area contributed by atoms with E-state index >= 15 is 0 Å². The van der Waals surface area contributed by atoms with Gasteiger partial charge in [0.15, 0.2) is 0 Å². The molecular weight excluding hydrogens is 216 g/mol. The van der Waals surface area contributed by atoms with E-state index in [0.717, 1.165) is 5.56 Å². The van der Waals surface area contributed by atoms with E-state index in [-0.39, 0.29) is 24.6 Å². The van der Waals surface area contributed by atoms with Crippen LogP contribution in [-0.4, -0.2) is 23.8 Å². The molecule has 0 bridgehead atoms. The molecule has 0 aliphatic carbocycles. The van der Waals surface area contributed by atoms with E-state index in [0.29, 0.717) is 11.4 Å². The van der Waals surface area contributed by atoms with Crippen LogP contribution in [0, 0.1) is 0 Å². The summed E-state index contributed by atoms with van der Waals surface area (Å²) in [6, 6.07) is 7.16. The first-order chi connectivity index (χ1) is 7.20. The molecule has 0 amide bonds. The SMILES string of the molecule is O=C1OC(CO)CC1c1cccc(Cl)c1. The van der Waals surface area contributed by atoms with Crippen LogP contribution in [0.2, 0.25) is 5.02 Å². The van der Waals surface area contributed by atoms with Gasteiger partial charge in [0.2, 0.25) is 0 Å². The second-order valence-corrected chi connectivity index (χ2v) is 4.02. The van der Waals surface area contributed by atoms with E-state index in [2.05, 4.69) is 0 Å². The van der Waals surface area contributed by atoms with Crippen molar-refractivity contribution >= 4 is 17.6 Å². The van der Waals surface area contributed by atoms with E-state index in [9.17, 15) is 4.79 Å². The molecule has 1 aliphatic rings. The van der Waals surface area contributed by atoms with Crippen LogP contribution in [0.4, 0.5) is 0 Å². The molecule has 0 radical (unpaired) electrons. The normalized spacial score (nSPS) is 25.3. The van der Waals surface area contributed by atoms with Crippen LogP contribution in [0.15, 0.2) is 24.3 Å². The van der Waals surface area contributed by atoms with Gasteiger partial charge in [0, 0.05) is 11.4 Å². The van der Waals surface area contributed by atoms with E-state index in [1.807, 2.05) is 6.07 Å². The number of aliphatic hydroxyl groups is 1. The number of benzene rings is 1. The second kappa shape index (κ2) is 4.21. The number of hydrogen-bond donors (Lipinski definition) is 1. The molecule has 2 atom stereocenters. The third-order valence-electron chi connectivity index (χ3n) is 2.52. The van der Waals surface area contributed by atoms with Crippen molar-refractivity contribution in [1.82, 2.24) is 0 Å². The molecule has 80 valence electrons. The molecule has 2 rings (SSSR count). The molecule has 4 heteroatoms. The number of carbonyl (C=O) groups is 1. The molecule has 1 saturated heterocycles.